The number of hydrogen-bond acceptors (Lipinski definition) is 6. The Kier molecular flexibility index (Phi) is 6.59. The van der Waals surface area contributed by atoms with Crippen LogP contribution >= 0.6 is 34.3 Å². The predicted octanol–water partition coefficient (Wildman–Crippen LogP) is 4.92. The fourth-order valence-electron chi connectivity index (χ4n) is 4.60. The highest BCUT2D eigenvalue weighted by molar-refractivity contribution is 7.10. The second kappa shape index (κ2) is 9.69. The largest absolute Gasteiger partial charge is 0.463 e. The molecule has 9 heteroatoms. The zero-order valence-corrected chi connectivity index (χ0v) is 22.6. The SMILES string of the molecule is CCOC(=O)C1=C(C)N=c2s/c(=C/c3cc(C)n(-c4cccc(Cl)c4)c3C)c(=O)n2[C@@H]1c1cccs1. The lowest BCUT2D eigenvalue weighted by Gasteiger charge is -2.23. The van der Waals surface area contributed by atoms with Gasteiger partial charge in [0, 0.05) is 27.0 Å². The molecule has 0 spiro atoms. The average Bonchev–Trinajstić information content (AvgIpc) is 3.53. The summed E-state index contributed by atoms with van der Waals surface area (Å²) in [7, 11) is 0. The maximum absolute atomic E-state index is 13.8. The van der Waals surface area contributed by atoms with E-state index in [0.717, 1.165) is 27.5 Å². The van der Waals surface area contributed by atoms with Gasteiger partial charge in [0.2, 0.25) is 0 Å². The van der Waals surface area contributed by atoms with Gasteiger partial charge in [-0.1, -0.05) is 35.1 Å². The van der Waals surface area contributed by atoms with Crippen molar-refractivity contribution in [1.29, 1.82) is 0 Å². The molecule has 0 bridgehead atoms. The van der Waals surface area contributed by atoms with Crippen molar-refractivity contribution in [1.82, 2.24) is 9.13 Å². The van der Waals surface area contributed by atoms with Gasteiger partial charge in [-0.3, -0.25) is 9.36 Å². The van der Waals surface area contributed by atoms with Crippen LogP contribution in [0.25, 0.3) is 11.8 Å². The van der Waals surface area contributed by atoms with Crippen LogP contribution in [-0.4, -0.2) is 21.7 Å². The van der Waals surface area contributed by atoms with Crippen molar-refractivity contribution in [3.05, 3.63) is 106 Å². The molecule has 36 heavy (non-hydrogen) atoms. The molecule has 184 valence electrons. The Bertz CT molecular complexity index is 1690. The summed E-state index contributed by atoms with van der Waals surface area (Å²) < 4.78 is 9.63. The van der Waals surface area contributed by atoms with E-state index in [2.05, 4.69) is 15.6 Å². The first-order valence-electron chi connectivity index (χ1n) is 11.5. The third-order valence-electron chi connectivity index (χ3n) is 6.15. The predicted molar refractivity (Wildman–Crippen MR) is 145 cm³/mol. The summed E-state index contributed by atoms with van der Waals surface area (Å²) in [4.78, 5) is 32.8. The van der Waals surface area contributed by atoms with E-state index in [1.165, 1.54) is 22.7 Å². The molecule has 0 fully saturated rings. The second-order valence-electron chi connectivity index (χ2n) is 8.46. The van der Waals surface area contributed by atoms with Crippen LogP contribution in [0.4, 0.5) is 0 Å². The normalized spacial score (nSPS) is 15.7. The number of carbonyl (C=O) groups excluding carboxylic acids is 1. The third-order valence-corrected chi connectivity index (χ3v) is 8.30. The molecule has 0 amide bonds. The molecule has 4 aromatic rings. The zero-order chi connectivity index (χ0) is 25.6. The molecule has 1 aliphatic rings. The molecule has 3 aromatic heterocycles. The topological polar surface area (TPSA) is 65.6 Å². The summed E-state index contributed by atoms with van der Waals surface area (Å²) >= 11 is 9.05. The first kappa shape index (κ1) is 24.5. The number of halogens is 1. The zero-order valence-electron chi connectivity index (χ0n) is 20.2. The Balaban J connectivity index is 1.68. The van der Waals surface area contributed by atoms with E-state index < -0.39 is 12.0 Å². The number of carbonyl (C=O) groups is 1. The molecular formula is C27H24ClN3O3S2. The maximum Gasteiger partial charge on any atom is 0.338 e. The van der Waals surface area contributed by atoms with Gasteiger partial charge in [0.25, 0.3) is 5.56 Å². The highest BCUT2D eigenvalue weighted by Gasteiger charge is 2.33. The van der Waals surface area contributed by atoms with Crippen molar-refractivity contribution >= 4 is 46.3 Å². The highest BCUT2D eigenvalue weighted by atomic mass is 35.5. The molecule has 0 unspecified atom stereocenters. The number of rotatable bonds is 5. The highest BCUT2D eigenvalue weighted by Crippen LogP contribution is 2.33. The van der Waals surface area contributed by atoms with Gasteiger partial charge in [-0.15, -0.1) is 11.3 Å². The number of hydrogen-bond donors (Lipinski definition) is 0. The van der Waals surface area contributed by atoms with Gasteiger partial charge < -0.3 is 9.30 Å². The standard InChI is InChI=1S/C27H24ClN3O3S2/c1-5-34-26(33)23-16(3)29-27-31(24(23)21-10-7-11-35-21)25(32)22(36-27)13-18-12-15(2)30(17(18)4)20-9-6-8-19(28)14-20/h6-14,24H,5H2,1-4H3/b22-13+/t24-/m1/s1. The van der Waals surface area contributed by atoms with Crippen LogP contribution in [0.1, 0.15) is 41.7 Å². The van der Waals surface area contributed by atoms with Gasteiger partial charge in [0.15, 0.2) is 4.80 Å². The summed E-state index contributed by atoms with van der Waals surface area (Å²) in [5, 5.41) is 2.60. The number of benzene rings is 1. The summed E-state index contributed by atoms with van der Waals surface area (Å²) in [6.45, 7) is 7.86. The molecule has 0 radical (unpaired) electrons. The van der Waals surface area contributed by atoms with E-state index in [9.17, 15) is 9.59 Å². The summed E-state index contributed by atoms with van der Waals surface area (Å²) in [5.74, 6) is -0.448. The van der Waals surface area contributed by atoms with E-state index >= 15 is 0 Å². The third kappa shape index (κ3) is 4.19. The van der Waals surface area contributed by atoms with Gasteiger partial charge in [-0.25, -0.2) is 9.79 Å². The molecule has 0 saturated carbocycles. The number of thiophene rings is 1. The minimum atomic E-state index is -0.568. The summed E-state index contributed by atoms with van der Waals surface area (Å²) in [5.41, 5.74) is 4.72. The van der Waals surface area contributed by atoms with Crippen LogP contribution in [0.5, 0.6) is 0 Å². The molecule has 4 heterocycles. The molecule has 5 rings (SSSR count). The monoisotopic (exact) mass is 537 g/mol. The summed E-state index contributed by atoms with van der Waals surface area (Å²) in [6, 6.07) is 13.0. The number of allylic oxidation sites excluding steroid dienone is 1. The Morgan fingerprint density at radius 3 is 2.69 bits per heavy atom. The molecule has 6 nitrogen and oxygen atoms in total. The first-order chi connectivity index (χ1) is 17.3. The molecule has 0 N–H and O–H groups in total. The number of thiazole rings is 1. The van der Waals surface area contributed by atoms with Crippen LogP contribution in [0.15, 0.2) is 68.9 Å². The quantitative estimate of drug-likeness (QED) is 0.339. The lowest BCUT2D eigenvalue weighted by Crippen LogP contribution is -2.39. The molecular weight excluding hydrogens is 514 g/mol. The fraction of sp³-hybridized carbons (Fsp3) is 0.222. The van der Waals surface area contributed by atoms with E-state index in [0.29, 0.717) is 25.6 Å². The van der Waals surface area contributed by atoms with Gasteiger partial charge in [-0.2, -0.15) is 0 Å². The molecule has 1 aliphatic heterocycles. The van der Waals surface area contributed by atoms with Gasteiger partial charge in [0.05, 0.1) is 22.4 Å². The van der Waals surface area contributed by atoms with Crippen molar-refractivity contribution in [3.63, 3.8) is 0 Å². The molecule has 0 saturated heterocycles. The smallest absolute Gasteiger partial charge is 0.338 e. The minimum Gasteiger partial charge on any atom is -0.463 e. The van der Waals surface area contributed by atoms with Gasteiger partial charge in [-0.05, 0) is 75.0 Å². The van der Waals surface area contributed by atoms with Crippen molar-refractivity contribution in [3.8, 4) is 5.69 Å². The van der Waals surface area contributed by atoms with E-state index in [-0.39, 0.29) is 12.2 Å². The first-order valence-corrected chi connectivity index (χ1v) is 13.6. The van der Waals surface area contributed by atoms with Crippen LogP contribution in [0.3, 0.4) is 0 Å². The second-order valence-corrected chi connectivity index (χ2v) is 10.9. The number of aromatic nitrogens is 2. The summed E-state index contributed by atoms with van der Waals surface area (Å²) in [6.07, 6.45) is 1.90. The fourth-order valence-corrected chi connectivity index (χ4v) is 6.64. The Morgan fingerprint density at radius 2 is 2.00 bits per heavy atom. The lowest BCUT2D eigenvalue weighted by atomic mass is 10.0. The number of aryl methyl sites for hydroxylation is 1. The van der Waals surface area contributed by atoms with Crippen molar-refractivity contribution in [2.24, 2.45) is 4.99 Å². The van der Waals surface area contributed by atoms with Crippen molar-refractivity contribution in [2.75, 3.05) is 6.61 Å². The Labute approximate surface area is 221 Å². The Morgan fingerprint density at radius 1 is 1.19 bits per heavy atom. The van der Waals surface area contributed by atoms with Crippen molar-refractivity contribution in [2.45, 2.75) is 33.7 Å². The Hall–Kier alpha value is -3.20. The number of ether oxygens (including phenoxy) is 1. The number of fused-ring (bicyclic) bond motifs is 1. The van der Waals surface area contributed by atoms with Crippen LogP contribution < -0.4 is 14.9 Å². The van der Waals surface area contributed by atoms with E-state index in [1.54, 1.807) is 18.4 Å². The molecule has 0 aliphatic carbocycles. The van der Waals surface area contributed by atoms with Gasteiger partial charge >= 0.3 is 5.97 Å². The van der Waals surface area contributed by atoms with Crippen LogP contribution in [-0.2, 0) is 9.53 Å². The van der Waals surface area contributed by atoms with Crippen molar-refractivity contribution < 1.29 is 9.53 Å². The number of esters is 1. The molecule has 1 aromatic carbocycles. The average molecular weight is 538 g/mol. The van der Waals surface area contributed by atoms with Crippen LogP contribution in [0, 0.1) is 13.8 Å². The van der Waals surface area contributed by atoms with Crippen LogP contribution in [0.2, 0.25) is 5.02 Å². The molecule has 1 atom stereocenters. The van der Waals surface area contributed by atoms with Gasteiger partial charge in [0.1, 0.15) is 6.04 Å². The maximum atomic E-state index is 13.8. The van der Waals surface area contributed by atoms with E-state index in [4.69, 9.17) is 16.3 Å². The number of nitrogens with zero attached hydrogens (tertiary/aromatic N) is 3. The lowest BCUT2D eigenvalue weighted by molar-refractivity contribution is -0.139. The minimum absolute atomic E-state index is 0.181. The van der Waals surface area contributed by atoms with E-state index in [1.807, 2.05) is 61.7 Å².